The second-order valence-electron chi connectivity index (χ2n) is 4.72. The summed E-state index contributed by atoms with van der Waals surface area (Å²) in [7, 11) is 0. The van der Waals surface area contributed by atoms with Crippen LogP contribution in [0, 0.1) is 11.3 Å². The van der Waals surface area contributed by atoms with Crippen molar-refractivity contribution in [3.05, 3.63) is 59.9 Å². The lowest BCUT2D eigenvalue weighted by molar-refractivity contribution is -0.0498. The Morgan fingerprint density at radius 1 is 1.17 bits per heavy atom. The van der Waals surface area contributed by atoms with Crippen molar-refractivity contribution >= 4 is 22.7 Å². The third-order valence-electron chi connectivity index (χ3n) is 3.18. The van der Waals surface area contributed by atoms with Crippen molar-refractivity contribution in [2.24, 2.45) is 0 Å². The Hall–Kier alpha value is -3.20. The van der Waals surface area contributed by atoms with Gasteiger partial charge in [-0.25, -0.2) is 4.98 Å². The molecule has 2 aromatic carbocycles. The smallest absolute Gasteiger partial charge is 0.387 e. The van der Waals surface area contributed by atoms with Gasteiger partial charge in [0.2, 0.25) is 0 Å². The molecule has 1 aromatic heterocycles. The van der Waals surface area contributed by atoms with E-state index in [4.69, 9.17) is 0 Å². The third-order valence-corrected chi connectivity index (χ3v) is 3.18. The summed E-state index contributed by atoms with van der Waals surface area (Å²) in [6, 6.07) is 15.6. The molecular formula is C17H11F2N3O. The van der Waals surface area contributed by atoms with Crippen molar-refractivity contribution in [1.29, 1.82) is 5.26 Å². The molecular weight excluding hydrogens is 300 g/mol. The molecule has 0 spiro atoms. The van der Waals surface area contributed by atoms with Crippen molar-refractivity contribution in [3.8, 4) is 11.8 Å². The number of hydrogen-bond donors (Lipinski definition) is 1. The van der Waals surface area contributed by atoms with E-state index < -0.39 is 6.61 Å². The number of nitriles is 1. The zero-order valence-electron chi connectivity index (χ0n) is 11.8. The van der Waals surface area contributed by atoms with Gasteiger partial charge in [0.25, 0.3) is 0 Å². The Labute approximate surface area is 130 Å². The molecule has 0 aliphatic heterocycles. The second kappa shape index (κ2) is 6.28. The van der Waals surface area contributed by atoms with Gasteiger partial charge in [-0.15, -0.1) is 0 Å². The van der Waals surface area contributed by atoms with E-state index in [0.29, 0.717) is 17.0 Å². The first kappa shape index (κ1) is 14.7. The number of alkyl halides is 2. The molecule has 3 aromatic rings. The summed E-state index contributed by atoms with van der Waals surface area (Å²) in [6.45, 7) is -2.86. The highest BCUT2D eigenvalue weighted by atomic mass is 19.3. The zero-order chi connectivity index (χ0) is 16.2. The molecule has 0 aliphatic rings. The van der Waals surface area contributed by atoms with Crippen LogP contribution in [0.1, 0.15) is 11.4 Å². The minimum absolute atomic E-state index is 0.0689. The number of rotatable bonds is 4. The number of ether oxygens (including phenoxy) is 1. The predicted octanol–water partition coefficient (Wildman–Crippen LogP) is 4.23. The Morgan fingerprint density at radius 3 is 2.57 bits per heavy atom. The van der Waals surface area contributed by atoms with E-state index in [1.165, 1.54) is 12.1 Å². The summed E-state index contributed by atoms with van der Waals surface area (Å²) in [5.41, 5.74) is 2.64. The first-order valence-electron chi connectivity index (χ1n) is 6.77. The minimum Gasteiger partial charge on any atom is -0.435 e. The standard InChI is InChI=1S/C17H11F2N3O/c18-17(19)23-13-7-5-11(6-8-13)9-12(10-20)16-21-14-3-1-2-4-15(14)22-16/h1-9,17H,(H,21,22)/b12-9-. The van der Waals surface area contributed by atoms with Crippen molar-refractivity contribution < 1.29 is 13.5 Å². The molecule has 23 heavy (non-hydrogen) atoms. The molecule has 6 heteroatoms. The first-order valence-corrected chi connectivity index (χ1v) is 6.77. The maximum atomic E-state index is 12.1. The van der Waals surface area contributed by atoms with E-state index in [2.05, 4.69) is 20.8 Å². The van der Waals surface area contributed by atoms with Crippen molar-refractivity contribution in [2.45, 2.75) is 6.61 Å². The Morgan fingerprint density at radius 2 is 1.91 bits per heavy atom. The summed E-state index contributed by atoms with van der Waals surface area (Å²) in [4.78, 5) is 7.45. The van der Waals surface area contributed by atoms with Gasteiger partial charge in [-0.3, -0.25) is 0 Å². The largest absolute Gasteiger partial charge is 0.435 e. The van der Waals surface area contributed by atoms with Gasteiger partial charge in [-0.2, -0.15) is 14.0 Å². The maximum absolute atomic E-state index is 12.1. The van der Waals surface area contributed by atoms with Gasteiger partial charge in [-0.05, 0) is 35.9 Å². The quantitative estimate of drug-likeness (QED) is 0.733. The summed E-state index contributed by atoms with van der Waals surface area (Å²) in [5, 5.41) is 9.34. The number of imidazole rings is 1. The van der Waals surface area contributed by atoms with Crippen LogP contribution >= 0.6 is 0 Å². The van der Waals surface area contributed by atoms with E-state index >= 15 is 0 Å². The van der Waals surface area contributed by atoms with Gasteiger partial charge in [0.15, 0.2) is 0 Å². The van der Waals surface area contributed by atoms with Crippen LogP contribution in [0.4, 0.5) is 8.78 Å². The van der Waals surface area contributed by atoms with E-state index in [0.717, 1.165) is 11.0 Å². The maximum Gasteiger partial charge on any atom is 0.387 e. The fourth-order valence-corrected chi connectivity index (χ4v) is 2.15. The number of aromatic amines is 1. The molecule has 0 bridgehead atoms. The van der Waals surface area contributed by atoms with Crippen molar-refractivity contribution in [3.63, 3.8) is 0 Å². The van der Waals surface area contributed by atoms with Gasteiger partial charge in [0.1, 0.15) is 17.6 Å². The molecule has 0 aliphatic carbocycles. The van der Waals surface area contributed by atoms with E-state index in [-0.39, 0.29) is 5.75 Å². The number of halogens is 2. The number of benzene rings is 2. The van der Waals surface area contributed by atoms with Crippen LogP contribution in [-0.4, -0.2) is 16.6 Å². The van der Waals surface area contributed by atoms with Crippen LogP contribution in [0.15, 0.2) is 48.5 Å². The molecule has 0 saturated heterocycles. The van der Waals surface area contributed by atoms with Crippen LogP contribution in [0.25, 0.3) is 22.7 Å². The van der Waals surface area contributed by atoms with Crippen molar-refractivity contribution in [1.82, 2.24) is 9.97 Å². The molecule has 114 valence electrons. The molecule has 1 heterocycles. The normalized spacial score (nSPS) is 11.7. The van der Waals surface area contributed by atoms with Gasteiger partial charge < -0.3 is 9.72 Å². The van der Waals surface area contributed by atoms with Crippen LogP contribution < -0.4 is 4.74 Å². The third kappa shape index (κ3) is 3.35. The number of para-hydroxylation sites is 2. The molecule has 0 radical (unpaired) electrons. The number of nitrogens with one attached hydrogen (secondary N) is 1. The van der Waals surface area contributed by atoms with E-state index in [9.17, 15) is 14.0 Å². The lowest BCUT2D eigenvalue weighted by Crippen LogP contribution is -2.01. The number of hydrogen-bond acceptors (Lipinski definition) is 3. The predicted molar refractivity (Wildman–Crippen MR) is 82.7 cm³/mol. The monoisotopic (exact) mass is 311 g/mol. The average Bonchev–Trinajstić information content (AvgIpc) is 2.97. The number of allylic oxidation sites excluding steroid dienone is 1. The molecule has 0 amide bonds. The first-order chi connectivity index (χ1) is 11.2. The molecule has 0 unspecified atom stereocenters. The minimum atomic E-state index is -2.86. The topological polar surface area (TPSA) is 61.7 Å². The molecule has 1 N–H and O–H groups in total. The van der Waals surface area contributed by atoms with E-state index in [1.54, 1.807) is 18.2 Å². The second-order valence-corrected chi connectivity index (χ2v) is 4.72. The summed E-state index contributed by atoms with van der Waals surface area (Å²) in [5.74, 6) is 0.529. The molecule has 4 nitrogen and oxygen atoms in total. The highest BCUT2D eigenvalue weighted by molar-refractivity contribution is 5.90. The molecule has 0 fully saturated rings. The summed E-state index contributed by atoms with van der Waals surface area (Å²) < 4.78 is 28.5. The average molecular weight is 311 g/mol. The molecule has 0 saturated carbocycles. The lowest BCUT2D eigenvalue weighted by Gasteiger charge is -2.04. The van der Waals surface area contributed by atoms with Gasteiger partial charge in [0, 0.05) is 0 Å². The van der Waals surface area contributed by atoms with Crippen LogP contribution in [0.3, 0.4) is 0 Å². The van der Waals surface area contributed by atoms with Crippen LogP contribution in [0.5, 0.6) is 5.75 Å². The van der Waals surface area contributed by atoms with E-state index in [1.807, 2.05) is 24.3 Å². The fraction of sp³-hybridized carbons (Fsp3) is 0.0588. The summed E-state index contributed by atoms with van der Waals surface area (Å²) >= 11 is 0. The molecule has 0 atom stereocenters. The Balaban J connectivity index is 1.90. The summed E-state index contributed by atoms with van der Waals surface area (Å²) in [6.07, 6.45) is 1.63. The Bertz CT molecular complexity index is 859. The van der Waals surface area contributed by atoms with Crippen molar-refractivity contribution in [2.75, 3.05) is 0 Å². The number of H-pyrrole nitrogens is 1. The zero-order valence-corrected chi connectivity index (χ0v) is 11.8. The Kier molecular flexibility index (Phi) is 4.02. The molecule has 3 rings (SSSR count). The van der Waals surface area contributed by atoms with Gasteiger partial charge >= 0.3 is 6.61 Å². The SMILES string of the molecule is N#C/C(=C/c1ccc(OC(F)F)cc1)c1nc2ccccc2[nH]1. The fourth-order valence-electron chi connectivity index (χ4n) is 2.15. The van der Waals surface area contributed by atoms with Crippen LogP contribution in [0.2, 0.25) is 0 Å². The highest BCUT2D eigenvalue weighted by Gasteiger charge is 2.08. The number of nitrogens with zero attached hydrogens (tertiary/aromatic N) is 2. The highest BCUT2D eigenvalue weighted by Crippen LogP contribution is 2.21. The van der Waals surface area contributed by atoms with Gasteiger partial charge in [-0.1, -0.05) is 24.3 Å². The van der Waals surface area contributed by atoms with Gasteiger partial charge in [0.05, 0.1) is 16.6 Å². The number of fused-ring (bicyclic) bond motifs is 1. The lowest BCUT2D eigenvalue weighted by atomic mass is 10.1. The van der Waals surface area contributed by atoms with Crippen LogP contribution in [-0.2, 0) is 0 Å². The number of aromatic nitrogens is 2.